The molecule has 1 atom stereocenters. The molecule has 2 aromatic rings. The first-order chi connectivity index (χ1) is 11.2. The molecule has 0 saturated carbocycles. The summed E-state index contributed by atoms with van der Waals surface area (Å²) in [4.78, 5) is 12.8. The highest BCUT2D eigenvalue weighted by Gasteiger charge is 2.30. The Balaban J connectivity index is 2.36. The average Bonchev–Trinajstić information content (AvgIpc) is 2.51. The highest BCUT2D eigenvalue weighted by atomic mass is 32.2. The highest BCUT2D eigenvalue weighted by molar-refractivity contribution is 7.88. The van der Waals surface area contributed by atoms with Crippen molar-refractivity contribution in [3.8, 4) is 0 Å². The van der Waals surface area contributed by atoms with Crippen molar-refractivity contribution in [1.82, 2.24) is 4.31 Å². The van der Waals surface area contributed by atoms with E-state index in [0.29, 0.717) is 11.3 Å². The third-order valence-corrected chi connectivity index (χ3v) is 5.28. The quantitative estimate of drug-likeness (QED) is 0.905. The standard InChI is InChI=1S/C18H22N2O3S/c1-13-10-11-16(12-14(13)2)19-18(21)17(20(3)24(4,22)23)15-8-6-5-7-9-15/h5-12,17H,1-4H3,(H,19,21). The fourth-order valence-corrected chi connectivity index (χ4v) is 2.98. The second-order valence-electron chi connectivity index (χ2n) is 5.88. The van der Waals surface area contributed by atoms with Gasteiger partial charge in [-0.1, -0.05) is 36.4 Å². The molecule has 0 saturated heterocycles. The predicted molar refractivity (Wildman–Crippen MR) is 96.3 cm³/mol. The number of amides is 1. The van der Waals surface area contributed by atoms with Crippen LogP contribution < -0.4 is 5.32 Å². The van der Waals surface area contributed by atoms with Crippen LogP contribution in [-0.4, -0.2) is 31.9 Å². The van der Waals surface area contributed by atoms with E-state index in [1.54, 1.807) is 24.3 Å². The number of aryl methyl sites for hydroxylation is 2. The minimum atomic E-state index is -3.53. The lowest BCUT2D eigenvalue weighted by molar-refractivity contribution is -0.119. The summed E-state index contributed by atoms with van der Waals surface area (Å²) < 4.78 is 25.0. The number of hydrogen-bond acceptors (Lipinski definition) is 3. The van der Waals surface area contributed by atoms with Gasteiger partial charge in [-0.2, -0.15) is 4.31 Å². The normalized spacial score (nSPS) is 12.9. The van der Waals surface area contributed by atoms with Gasteiger partial charge >= 0.3 is 0 Å². The zero-order valence-electron chi connectivity index (χ0n) is 14.3. The van der Waals surface area contributed by atoms with Crippen molar-refractivity contribution in [3.05, 3.63) is 65.2 Å². The second kappa shape index (κ2) is 7.15. The average molecular weight is 346 g/mol. The molecule has 2 rings (SSSR count). The SMILES string of the molecule is Cc1ccc(NC(=O)C(c2ccccc2)N(C)S(C)(=O)=O)cc1C. The van der Waals surface area contributed by atoms with Crippen LogP contribution in [0.3, 0.4) is 0 Å². The van der Waals surface area contributed by atoms with E-state index in [1.165, 1.54) is 7.05 Å². The Hall–Kier alpha value is -2.18. The smallest absolute Gasteiger partial charge is 0.247 e. The number of sulfonamides is 1. The van der Waals surface area contributed by atoms with E-state index in [2.05, 4.69) is 5.32 Å². The van der Waals surface area contributed by atoms with Crippen LogP contribution in [0.2, 0.25) is 0 Å². The summed E-state index contributed by atoms with van der Waals surface area (Å²) in [6.07, 6.45) is 1.09. The van der Waals surface area contributed by atoms with Crippen LogP contribution in [0.4, 0.5) is 5.69 Å². The Kier molecular flexibility index (Phi) is 5.41. The van der Waals surface area contributed by atoms with Crippen molar-refractivity contribution in [2.24, 2.45) is 0 Å². The third-order valence-electron chi connectivity index (χ3n) is 4.02. The van der Waals surface area contributed by atoms with Gasteiger partial charge in [0.05, 0.1) is 6.26 Å². The zero-order valence-corrected chi connectivity index (χ0v) is 15.1. The first-order valence-corrected chi connectivity index (χ1v) is 9.41. The second-order valence-corrected chi connectivity index (χ2v) is 7.92. The number of nitrogens with one attached hydrogen (secondary N) is 1. The first-order valence-electron chi connectivity index (χ1n) is 7.56. The number of nitrogens with zero attached hydrogens (tertiary/aromatic N) is 1. The van der Waals surface area contributed by atoms with Crippen LogP contribution in [0.25, 0.3) is 0 Å². The molecule has 6 heteroatoms. The maximum absolute atomic E-state index is 12.8. The van der Waals surface area contributed by atoms with Crippen molar-refractivity contribution < 1.29 is 13.2 Å². The molecular formula is C18H22N2O3S. The molecule has 0 heterocycles. The lowest BCUT2D eigenvalue weighted by atomic mass is 10.1. The van der Waals surface area contributed by atoms with Gasteiger partial charge in [0, 0.05) is 12.7 Å². The van der Waals surface area contributed by atoms with E-state index < -0.39 is 22.0 Å². The third kappa shape index (κ3) is 4.21. The van der Waals surface area contributed by atoms with Gasteiger partial charge in [0.15, 0.2) is 0 Å². The molecule has 1 N–H and O–H groups in total. The maximum atomic E-state index is 12.8. The summed E-state index contributed by atoms with van der Waals surface area (Å²) >= 11 is 0. The molecule has 2 aromatic carbocycles. The molecule has 0 spiro atoms. The Bertz CT molecular complexity index is 833. The molecule has 1 unspecified atom stereocenters. The van der Waals surface area contributed by atoms with E-state index in [0.717, 1.165) is 21.7 Å². The molecule has 0 bridgehead atoms. The Morgan fingerprint density at radius 1 is 1.04 bits per heavy atom. The molecule has 0 aliphatic heterocycles. The van der Waals surface area contributed by atoms with Crippen LogP contribution >= 0.6 is 0 Å². The van der Waals surface area contributed by atoms with E-state index in [1.807, 2.05) is 38.1 Å². The minimum Gasteiger partial charge on any atom is -0.324 e. The zero-order chi connectivity index (χ0) is 17.9. The van der Waals surface area contributed by atoms with Gasteiger partial charge in [0.2, 0.25) is 15.9 Å². The predicted octanol–water partition coefficient (Wildman–Crippen LogP) is 2.87. The fraction of sp³-hybridized carbons (Fsp3) is 0.278. The molecule has 0 fully saturated rings. The van der Waals surface area contributed by atoms with E-state index in [4.69, 9.17) is 0 Å². The first kappa shape index (κ1) is 18.2. The molecule has 5 nitrogen and oxygen atoms in total. The summed E-state index contributed by atoms with van der Waals surface area (Å²) in [6, 6.07) is 13.5. The van der Waals surface area contributed by atoms with E-state index in [-0.39, 0.29) is 0 Å². The van der Waals surface area contributed by atoms with Gasteiger partial charge in [-0.25, -0.2) is 8.42 Å². The summed E-state index contributed by atoms with van der Waals surface area (Å²) in [5.74, 6) is -0.391. The summed E-state index contributed by atoms with van der Waals surface area (Å²) in [7, 11) is -2.12. The van der Waals surface area contributed by atoms with Crippen LogP contribution in [0.1, 0.15) is 22.7 Å². The lowest BCUT2D eigenvalue weighted by Crippen LogP contribution is -2.38. The summed E-state index contributed by atoms with van der Waals surface area (Å²) in [5, 5.41) is 2.82. The molecule has 0 aliphatic carbocycles. The molecular weight excluding hydrogens is 324 g/mol. The van der Waals surface area contributed by atoms with Crippen LogP contribution in [-0.2, 0) is 14.8 Å². The van der Waals surface area contributed by atoms with Crippen molar-refractivity contribution in [2.75, 3.05) is 18.6 Å². The molecule has 0 radical (unpaired) electrons. The maximum Gasteiger partial charge on any atom is 0.247 e. The highest BCUT2D eigenvalue weighted by Crippen LogP contribution is 2.24. The van der Waals surface area contributed by atoms with Gasteiger partial charge in [-0.3, -0.25) is 4.79 Å². The van der Waals surface area contributed by atoms with Crippen LogP contribution in [0, 0.1) is 13.8 Å². The summed E-state index contributed by atoms with van der Waals surface area (Å²) in [6.45, 7) is 3.95. The number of carbonyl (C=O) groups is 1. The van der Waals surface area contributed by atoms with Gasteiger partial charge in [0.1, 0.15) is 6.04 Å². The Morgan fingerprint density at radius 3 is 2.21 bits per heavy atom. The molecule has 0 aromatic heterocycles. The molecule has 128 valence electrons. The van der Waals surface area contributed by atoms with E-state index in [9.17, 15) is 13.2 Å². The summed E-state index contributed by atoms with van der Waals surface area (Å²) in [5.41, 5.74) is 3.44. The van der Waals surface area contributed by atoms with Gasteiger partial charge in [-0.05, 0) is 42.7 Å². The van der Waals surface area contributed by atoms with Gasteiger partial charge in [0.25, 0.3) is 0 Å². The van der Waals surface area contributed by atoms with Crippen molar-refractivity contribution in [3.63, 3.8) is 0 Å². The van der Waals surface area contributed by atoms with E-state index >= 15 is 0 Å². The number of likely N-dealkylation sites (N-methyl/N-ethyl adjacent to an activating group) is 1. The minimum absolute atomic E-state index is 0.391. The number of hydrogen-bond donors (Lipinski definition) is 1. The number of benzene rings is 2. The Morgan fingerprint density at radius 2 is 1.67 bits per heavy atom. The number of carbonyl (C=O) groups excluding carboxylic acids is 1. The van der Waals surface area contributed by atoms with Gasteiger partial charge < -0.3 is 5.32 Å². The fourth-order valence-electron chi connectivity index (χ4n) is 2.38. The van der Waals surface area contributed by atoms with Crippen molar-refractivity contribution >= 4 is 21.6 Å². The Labute approximate surface area is 143 Å². The molecule has 24 heavy (non-hydrogen) atoms. The topological polar surface area (TPSA) is 66.5 Å². The largest absolute Gasteiger partial charge is 0.324 e. The number of anilines is 1. The molecule has 0 aliphatic rings. The monoisotopic (exact) mass is 346 g/mol. The lowest BCUT2D eigenvalue weighted by Gasteiger charge is -2.25. The van der Waals surface area contributed by atoms with Crippen molar-refractivity contribution in [1.29, 1.82) is 0 Å². The van der Waals surface area contributed by atoms with Crippen LogP contribution in [0.5, 0.6) is 0 Å². The number of rotatable bonds is 5. The van der Waals surface area contributed by atoms with Gasteiger partial charge in [-0.15, -0.1) is 0 Å². The molecule has 1 amide bonds. The van der Waals surface area contributed by atoms with Crippen molar-refractivity contribution in [2.45, 2.75) is 19.9 Å². The van der Waals surface area contributed by atoms with Crippen LogP contribution in [0.15, 0.2) is 48.5 Å².